The van der Waals surface area contributed by atoms with Gasteiger partial charge in [-0.2, -0.15) is 0 Å². The summed E-state index contributed by atoms with van der Waals surface area (Å²) in [5, 5.41) is 0. The van der Waals surface area contributed by atoms with Crippen molar-refractivity contribution in [2.24, 2.45) is 11.8 Å². The monoisotopic (exact) mass is 455 g/mol. The molecule has 1 saturated carbocycles. The Morgan fingerprint density at radius 2 is 1.22 bits per heavy atom. The molecule has 0 atom stereocenters. The molecule has 0 aromatic rings. The number of hydrogen-bond donors (Lipinski definition) is 0. The number of hydrogen-bond acceptors (Lipinski definition) is 0. The number of rotatable bonds is 6. The van der Waals surface area contributed by atoms with Crippen molar-refractivity contribution in [1.82, 2.24) is 0 Å². The molecule has 0 N–H and O–H groups in total. The normalized spacial score (nSPS) is 11.7. The summed E-state index contributed by atoms with van der Waals surface area (Å²) in [6, 6.07) is 0. The van der Waals surface area contributed by atoms with Crippen molar-refractivity contribution in [3.05, 3.63) is 36.5 Å². The van der Waals surface area contributed by atoms with Crippen LogP contribution in [-0.2, 0) is 0 Å². The van der Waals surface area contributed by atoms with Gasteiger partial charge in [-0.1, -0.05) is 150 Å². The number of unbranched alkanes of at least 4 members (excludes halogenated alkanes) is 4. The van der Waals surface area contributed by atoms with E-state index < -0.39 is 0 Å². The molecule has 0 aromatic heterocycles. The van der Waals surface area contributed by atoms with Crippen molar-refractivity contribution in [3.63, 3.8) is 0 Å². The van der Waals surface area contributed by atoms with Crippen molar-refractivity contribution >= 4 is 0 Å². The lowest BCUT2D eigenvalue weighted by molar-refractivity contribution is 0.612. The minimum atomic E-state index is 0.723. The molecule has 0 heteroatoms. The minimum absolute atomic E-state index is 0.723. The van der Waals surface area contributed by atoms with Crippen LogP contribution in [0.3, 0.4) is 0 Å². The molecular formula is C32H70. The van der Waals surface area contributed by atoms with Gasteiger partial charge in [0.25, 0.3) is 0 Å². The molecule has 32 heavy (non-hydrogen) atoms. The topological polar surface area (TPSA) is 0 Å². The Kier molecular flexibility index (Phi) is 73.2. The van der Waals surface area contributed by atoms with E-state index in [4.69, 9.17) is 0 Å². The van der Waals surface area contributed by atoms with E-state index in [1.54, 1.807) is 0 Å². The highest BCUT2D eigenvalue weighted by Crippen LogP contribution is 2.22. The van der Waals surface area contributed by atoms with Crippen molar-refractivity contribution in [1.29, 1.82) is 0 Å². The van der Waals surface area contributed by atoms with Crippen LogP contribution in [0, 0.1) is 11.8 Å². The molecule has 0 amide bonds. The maximum absolute atomic E-state index is 3.56. The molecule has 1 fully saturated rings. The van der Waals surface area contributed by atoms with Crippen LogP contribution in [0.25, 0.3) is 0 Å². The van der Waals surface area contributed by atoms with Crippen LogP contribution in [-0.4, -0.2) is 0 Å². The van der Waals surface area contributed by atoms with Gasteiger partial charge in [-0.3, -0.25) is 0 Å². The third kappa shape index (κ3) is 100. The van der Waals surface area contributed by atoms with E-state index in [1.165, 1.54) is 69.8 Å². The molecule has 1 rings (SSSR count). The maximum Gasteiger partial charge on any atom is -0.0290 e. The fraction of sp³-hybridized carbons (Fsp3) is 0.812. The highest BCUT2D eigenvalue weighted by Gasteiger charge is 2.07. The van der Waals surface area contributed by atoms with Gasteiger partial charge < -0.3 is 0 Å². The Hall–Kier alpha value is -0.780. The molecule has 198 valence electrons. The van der Waals surface area contributed by atoms with Crippen LogP contribution in [0.1, 0.15) is 161 Å². The molecule has 0 nitrogen and oxygen atoms in total. The summed E-state index contributed by atoms with van der Waals surface area (Å²) >= 11 is 0. The third-order valence-electron chi connectivity index (χ3n) is 3.72. The van der Waals surface area contributed by atoms with Crippen molar-refractivity contribution in [3.8, 4) is 0 Å². The molecule has 0 saturated heterocycles. The van der Waals surface area contributed by atoms with E-state index in [-0.39, 0.29) is 0 Å². The van der Waals surface area contributed by atoms with Gasteiger partial charge in [0, 0.05) is 0 Å². The molecule has 0 aliphatic heterocycles. The third-order valence-corrected chi connectivity index (χ3v) is 3.72. The summed E-state index contributed by atoms with van der Waals surface area (Å²) < 4.78 is 0. The fourth-order valence-corrected chi connectivity index (χ4v) is 2.19. The van der Waals surface area contributed by atoms with E-state index in [1.807, 2.05) is 67.5 Å². The quantitative estimate of drug-likeness (QED) is 0.276. The molecule has 0 unspecified atom stereocenters. The summed E-state index contributed by atoms with van der Waals surface area (Å²) in [4.78, 5) is 0. The Bertz CT molecular complexity index is 292. The van der Waals surface area contributed by atoms with Gasteiger partial charge in [-0.25, -0.2) is 0 Å². The lowest BCUT2D eigenvalue weighted by atomic mass is 10.1. The molecule has 1 aliphatic rings. The first-order valence-corrected chi connectivity index (χ1v) is 14.1. The van der Waals surface area contributed by atoms with Crippen molar-refractivity contribution in [2.75, 3.05) is 0 Å². The zero-order chi connectivity index (χ0) is 26.6. The largest absolute Gasteiger partial charge is 0.100 e. The van der Waals surface area contributed by atoms with Gasteiger partial charge in [0.2, 0.25) is 0 Å². The standard InChI is InChI=1S/C11H22.C6H12.2C4H8.C3H8.2C2H6/c1-4-5-6-7-8-9-10-11(2)3;1-6-4-2-3-5-6;1-4(2)3;1-3-4-2;1-3-2;2*1-2/h9-11H,4-8H2,1-3H3;6H,2-5H2,1H3;1H2,2-3H3;3-4H,1-2H3;3H2,1-2H3;2*1-2H3/b10-9+;;;4-3-;;;. The summed E-state index contributed by atoms with van der Waals surface area (Å²) in [6.07, 6.45) is 22.6. The van der Waals surface area contributed by atoms with Gasteiger partial charge in [0.05, 0.1) is 0 Å². The molecule has 0 aromatic carbocycles. The van der Waals surface area contributed by atoms with E-state index in [0.717, 1.165) is 11.8 Å². The highest BCUT2D eigenvalue weighted by atomic mass is 14.1. The Balaban J connectivity index is -0.0000000687. The Morgan fingerprint density at radius 1 is 0.844 bits per heavy atom. The SMILES string of the molecule is C/C=C\C.C=C(C)C.CC.CC.CC1CCCC1.CCC.CCCCCC/C=C/C(C)C. The maximum atomic E-state index is 3.56. The summed E-state index contributed by atoms with van der Waals surface area (Å²) in [7, 11) is 0. The van der Waals surface area contributed by atoms with Crippen LogP contribution in [0.4, 0.5) is 0 Å². The van der Waals surface area contributed by atoms with Crippen molar-refractivity contribution in [2.45, 2.75) is 161 Å². The van der Waals surface area contributed by atoms with Crippen LogP contribution < -0.4 is 0 Å². The second-order valence-electron chi connectivity index (χ2n) is 8.49. The second kappa shape index (κ2) is 52.3. The average Bonchev–Trinajstić information content (AvgIpc) is 3.25. The molecule has 0 bridgehead atoms. The Morgan fingerprint density at radius 3 is 1.44 bits per heavy atom. The lowest BCUT2D eigenvalue weighted by Gasteiger charge is -1.95. The smallest absolute Gasteiger partial charge is 0.0290 e. The first kappa shape index (κ1) is 44.8. The zero-order valence-corrected chi connectivity index (χ0v) is 25.7. The second-order valence-corrected chi connectivity index (χ2v) is 8.49. The number of allylic oxidation sites excluding steroid dienone is 5. The van der Waals surface area contributed by atoms with Gasteiger partial charge in [-0.05, 0) is 52.4 Å². The summed E-state index contributed by atoms with van der Waals surface area (Å²) in [6.45, 7) is 32.8. The van der Waals surface area contributed by atoms with E-state index >= 15 is 0 Å². The molecular weight excluding hydrogens is 384 g/mol. The van der Waals surface area contributed by atoms with Gasteiger partial charge in [0.1, 0.15) is 0 Å². The Labute approximate surface area is 209 Å². The van der Waals surface area contributed by atoms with E-state index in [9.17, 15) is 0 Å². The molecule has 0 heterocycles. The van der Waals surface area contributed by atoms with Gasteiger partial charge in [0.15, 0.2) is 0 Å². The first-order chi connectivity index (χ1) is 15.2. The predicted octanol–water partition coefficient (Wildman–Crippen LogP) is 13.0. The zero-order valence-electron chi connectivity index (χ0n) is 25.7. The highest BCUT2D eigenvalue weighted by molar-refractivity contribution is 4.83. The molecule has 1 aliphatic carbocycles. The van der Waals surface area contributed by atoms with Crippen molar-refractivity contribution < 1.29 is 0 Å². The average molecular weight is 455 g/mol. The summed E-state index contributed by atoms with van der Waals surface area (Å²) in [5.41, 5.74) is 1.17. The van der Waals surface area contributed by atoms with Gasteiger partial charge >= 0.3 is 0 Å². The lowest BCUT2D eigenvalue weighted by Crippen LogP contribution is -1.78. The fourth-order valence-electron chi connectivity index (χ4n) is 2.19. The van der Waals surface area contributed by atoms with Gasteiger partial charge in [-0.15, -0.1) is 6.58 Å². The first-order valence-electron chi connectivity index (χ1n) is 14.1. The van der Waals surface area contributed by atoms with Crippen LogP contribution >= 0.6 is 0 Å². The molecule has 0 radical (unpaired) electrons. The molecule has 0 spiro atoms. The van der Waals surface area contributed by atoms with Crippen LogP contribution in [0.15, 0.2) is 36.5 Å². The minimum Gasteiger partial charge on any atom is -0.100 e. The van der Waals surface area contributed by atoms with Crippen LogP contribution in [0.5, 0.6) is 0 Å². The summed E-state index contributed by atoms with van der Waals surface area (Å²) in [5.74, 6) is 1.77. The predicted molar refractivity (Wildman–Crippen MR) is 160 cm³/mol. The van der Waals surface area contributed by atoms with Crippen LogP contribution in [0.2, 0.25) is 0 Å². The van der Waals surface area contributed by atoms with E-state index in [0.29, 0.717) is 0 Å². The van der Waals surface area contributed by atoms with E-state index in [2.05, 4.69) is 60.3 Å².